The zero-order chi connectivity index (χ0) is 19.7. The van der Waals surface area contributed by atoms with Gasteiger partial charge in [-0.2, -0.15) is 5.10 Å². The van der Waals surface area contributed by atoms with Gasteiger partial charge in [0.05, 0.1) is 17.6 Å². The molecule has 0 unspecified atom stereocenters. The fourth-order valence-corrected chi connectivity index (χ4v) is 3.47. The molecule has 28 heavy (non-hydrogen) atoms. The van der Waals surface area contributed by atoms with E-state index in [1.807, 2.05) is 49.8 Å². The van der Waals surface area contributed by atoms with Gasteiger partial charge in [-0.1, -0.05) is 47.7 Å². The first kappa shape index (κ1) is 18.1. The smallest absolute Gasteiger partial charge is 0.238 e. The van der Waals surface area contributed by atoms with Crippen LogP contribution in [-0.4, -0.2) is 33.2 Å². The fourth-order valence-electron chi connectivity index (χ4n) is 2.96. The molecule has 0 radical (unpaired) electrons. The maximum absolute atomic E-state index is 11.4. The van der Waals surface area contributed by atoms with Gasteiger partial charge in [-0.3, -0.25) is 4.68 Å². The third kappa shape index (κ3) is 3.71. The molecule has 2 aromatic heterocycles. The Bertz CT molecular complexity index is 1210. The molecule has 4 rings (SSSR count). The molecule has 142 valence electrons. The average Bonchev–Trinajstić information content (AvgIpc) is 3.28. The minimum absolute atomic E-state index is 0.0818. The molecule has 0 amide bonds. The van der Waals surface area contributed by atoms with Crippen LogP contribution in [0.25, 0.3) is 22.5 Å². The summed E-state index contributed by atoms with van der Waals surface area (Å²) in [6.07, 6.45) is 3.76. The quantitative estimate of drug-likeness (QED) is 0.557. The predicted octanol–water partition coefficient (Wildman–Crippen LogP) is 2.04. The summed E-state index contributed by atoms with van der Waals surface area (Å²) in [5, 5.41) is 18.2. The van der Waals surface area contributed by atoms with Gasteiger partial charge in [0, 0.05) is 24.4 Å². The minimum atomic E-state index is -3.70. The molecule has 4 aromatic rings. The van der Waals surface area contributed by atoms with Gasteiger partial charge in [0.2, 0.25) is 10.0 Å². The van der Waals surface area contributed by atoms with Crippen molar-refractivity contribution in [3.05, 3.63) is 72.6 Å². The molecule has 8 nitrogen and oxygen atoms in total. The van der Waals surface area contributed by atoms with Crippen molar-refractivity contribution < 1.29 is 8.42 Å². The molecule has 0 saturated carbocycles. The summed E-state index contributed by atoms with van der Waals surface area (Å²) < 4.78 is 26.2. The summed E-state index contributed by atoms with van der Waals surface area (Å²) in [4.78, 5) is 0.0818. The summed E-state index contributed by atoms with van der Waals surface area (Å²) in [6, 6.07) is 16.3. The Hall–Kier alpha value is -3.30. The molecule has 0 spiro atoms. The lowest BCUT2D eigenvalue weighted by Gasteiger charge is -2.02. The van der Waals surface area contributed by atoms with E-state index >= 15 is 0 Å². The van der Waals surface area contributed by atoms with Crippen LogP contribution in [0.3, 0.4) is 0 Å². The van der Waals surface area contributed by atoms with Crippen molar-refractivity contribution in [2.45, 2.75) is 11.4 Å². The lowest BCUT2D eigenvalue weighted by atomic mass is 10.1. The summed E-state index contributed by atoms with van der Waals surface area (Å²) in [6.45, 7) is 0.457. The zero-order valence-electron chi connectivity index (χ0n) is 15.1. The number of aromatic nitrogens is 5. The molecule has 0 aliphatic carbocycles. The Morgan fingerprint density at radius 3 is 2.39 bits per heavy atom. The van der Waals surface area contributed by atoms with Gasteiger partial charge >= 0.3 is 0 Å². The van der Waals surface area contributed by atoms with E-state index in [4.69, 9.17) is 5.14 Å². The van der Waals surface area contributed by atoms with Gasteiger partial charge < -0.3 is 0 Å². The number of hydrogen-bond donors (Lipinski definition) is 1. The molecule has 0 fully saturated rings. The number of sulfonamides is 1. The lowest BCUT2D eigenvalue weighted by Crippen LogP contribution is -2.12. The van der Waals surface area contributed by atoms with Crippen LogP contribution >= 0.6 is 0 Å². The molecule has 2 N–H and O–H groups in total. The van der Waals surface area contributed by atoms with Gasteiger partial charge in [0.25, 0.3) is 0 Å². The molecule has 2 heterocycles. The number of nitrogens with two attached hydrogens (primary N) is 1. The van der Waals surface area contributed by atoms with Crippen molar-refractivity contribution in [2.75, 3.05) is 0 Å². The van der Waals surface area contributed by atoms with E-state index in [2.05, 4.69) is 15.4 Å². The topological polar surface area (TPSA) is 109 Å². The summed E-state index contributed by atoms with van der Waals surface area (Å²) >= 11 is 0. The predicted molar refractivity (Wildman–Crippen MR) is 105 cm³/mol. The maximum Gasteiger partial charge on any atom is 0.238 e. The highest BCUT2D eigenvalue weighted by molar-refractivity contribution is 7.89. The number of primary sulfonamides is 1. The molecule has 0 aliphatic heterocycles. The summed E-state index contributed by atoms with van der Waals surface area (Å²) in [7, 11) is -1.83. The van der Waals surface area contributed by atoms with Crippen molar-refractivity contribution in [1.82, 2.24) is 24.8 Å². The Morgan fingerprint density at radius 2 is 1.71 bits per heavy atom. The van der Waals surface area contributed by atoms with Crippen LogP contribution < -0.4 is 5.14 Å². The first-order valence-corrected chi connectivity index (χ1v) is 10.1. The highest BCUT2D eigenvalue weighted by atomic mass is 32.2. The average molecular weight is 394 g/mol. The van der Waals surface area contributed by atoms with Crippen molar-refractivity contribution in [1.29, 1.82) is 0 Å². The van der Waals surface area contributed by atoms with Crippen LogP contribution in [0.2, 0.25) is 0 Å². The second-order valence-electron chi connectivity index (χ2n) is 6.42. The molecule has 0 aliphatic rings. The Kier molecular flexibility index (Phi) is 4.54. The Labute approximate surface area is 162 Å². The van der Waals surface area contributed by atoms with Crippen LogP contribution in [0.1, 0.15) is 5.56 Å². The van der Waals surface area contributed by atoms with Gasteiger partial charge in [0.1, 0.15) is 11.4 Å². The minimum Gasteiger partial charge on any atom is -0.274 e. The van der Waals surface area contributed by atoms with E-state index < -0.39 is 10.0 Å². The molecule has 9 heteroatoms. The first-order chi connectivity index (χ1) is 13.4. The van der Waals surface area contributed by atoms with Gasteiger partial charge in [0.15, 0.2) is 0 Å². The van der Waals surface area contributed by atoms with Crippen LogP contribution in [-0.2, 0) is 23.6 Å². The molecular formula is C19H18N6O2S. The van der Waals surface area contributed by atoms with E-state index in [9.17, 15) is 8.42 Å². The highest BCUT2D eigenvalue weighted by Crippen LogP contribution is 2.29. The van der Waals surface area contributed by atoms with Crippen molar-refractivity contribution in [3.63, 3.8) is 0 Å². The molecular weight excluding hydrogens is 376 g/mol. The standard InChI is InChI=1S/C19H18N6O2S/c1-24-12-17(19(22-24)15-5-3-2-4-6-15)18-13-25(23-21-18)11-14-7-9-16(10-8-14)28(20,26)27/h2-10,12-13H,11H2,1H3,(H2,20,26,27). The second kappa shape index (κ2) is 7.02. The number of benzene rings is 2. The Morgan fingerprint density at radius 1 is 1.00 bits per heavy atom. The molecule has 0 bridgehead atoms. The van der Waals surface area contributed by atoms with E-state index in [1.54, 1.807) is 21.5 Å². The fraction of sp³-hybridized carbons (Fsp3) is 0.105. The van der Waals surface area contributed by atoms with Crippen LogP contribution in [0.15, 0.2) is 71.9 Å². The zero-order valence-corrected chi connectivity index (χ0v) is 15.9. The largest absolute Gasteiger partial charge is 0.274 e. The molecule has 0 atom stereocenters. The van der Waals surface area contributed by atoms with Gasteiger partial charge in [-0.15, -0.1) is 5.10 Å². The van der Waals surface area contributed by atoms with E-state index in [-0.39, 0.29) is 4.90 Å². The van der Waals surface area contributed by atoms with Crippen LogP contribution in [0.4, 0.5) is 0 Å². The number of hydrogen-bond acceptors (Lipinski definition) is 5. The van der Waals surface area contributed by atoms with Crippen LogP contribution in [0.5, 0.6) is 0 Å². The molecule has 2 aromatic carbocycles. The van der Waals surface area contributed by atoms with E-state index in [0.717, 1.165) is 22.4 Å². The normalized spacial score (nSPS) is 11.6. The first-order valence-electron chi connectivity index (χ1n) is 8.51. The van der Waals surface area contributed by atoms with Gasteiger partial charge in [-0.05, 0) is 17.7 Å². The molecule has 0 saturated heterocycles. The number of rotatable bonds is 5. The third-order valence-corrected chi connectivity index (χ3v) is 5.22. The summed E-state index contributed by atoms with van der Waals surface area (Å²) in [5.41, 5.74) is 4.34. The summed E-state index contributed by atoms with van der Waals surface area (Å²) in [5.74, 6) is 0. The second-order valence-corrected chi connectivity index (χ2v) is 7.98. The maximum atomic E-state index is 11.4. The van der Waals surface area contributed by atoms with E-state index in [0.29, 0.717) is 12.2 Å². The SMILES string of the molecule is Cn1cc(-c2cn(Cc3ccc(S(N)(=O)=O)cc3)nn2)c(-c2ccccc2)n1. The number of nitrogens with zero attached hydrogens (tertiary/aromatic N) is 5. The number of aryl methyl sites for hydroxylation is 1. The van der Waals surface area contributed by atoms with Crippen molar-refractivity contribution >= 4 is 10.0 Å². The highest BCUT2D eigenvalue weighted by Gasteiger charge is 2.15. The third-order valence-electron chi connectivity index (χ3n) is 4.29. The van der Waals surface area contributed by atoms with E-state index in [1.165, 1.54) is 12.1 Å². The van der Waals surface area contributed by atoms with Crippen molar-refractivity contribution in [2.24, 2.45) is 12.2 Å². The monoisotopic (exact) mass is 394 g/mol. The van der Waals surface area contributed by atoms with Gasteiger partial charge in [-0.25, -0.2) is 18.2 Å². The lowest BCUT2D eigenvalue weighted by molar-refractivity contribution is 0.597. The van der Waals surface area contributed by atoms with Crippen LogP contribution in [0, 0.1) is 0 Å². The van der Waals surface area contributed by atoms with Crippen molar-refractivity contribution in [3.8, 4) is 22.5 Å². The Balaban J connectivity index is 1.61.